The molecular formula is C22H16ClN3O3. The molecule has 29 heavy (non-hydrogen) atoms. The molecule has 7 heteroatoms. The van der Waals surface area contributed by atoms with E-state index >= 15 is 0 Å². The number of nitrogens with one attached hydrogen (secondary N) is 1. The molecule has 0 bridgehead atoms. The van der Waals surface area contributed by atoms with Crippen molar-refractivity contribution in [1.82, 2.24) is 15.1 Å². The second kappa shape index (κ2) is 6.83. The van der Waals surface area contributed by atoms with Crippen LogP contribution in [0, 0.1) is 0 Å². The third kappa shape index (κ3) is 2.89. The van der Waals surface area contributed by atoms with Crippen molar-refractivity contribution >= 4 is 17.5 Å². The number of aromatic nitrogens is 2. The van der Waals surface area contributed by atoms with Crippen LogP contribution in [0.25, 0.3) is 11.3 Å². The molecule has 0 radical (unpaired) electrons. The lowest BCUT2D eigenvalue weighted by Crippen LogP contribution is -2.29. The van der Waals surface area contributed by atoms with E-state index in [9.17, 15) is 9.90 Å². The molecule has 1 aliphatic heterocycles. The summed E-state index contributed by atoms with van der Waals surface area (Å²) in [5.41, 5.74) is 3.07. The van der Waals surface area contributed by atoms with Crippen molar-refractivity contribution in [1.29, 1.82) is 0 Å². The van der Waals surface area contributed by atoms with Gasteiger partial charge in [-0.05, 0) is 42.0 Å². The lowest BCUT2D eigenvalue weighted by Gasteiger charge is -2.25. The van der Waals surface area contributed by atoms with Gasteiger partial charge >= 0.3 is 0 Å². The standard InChI is InChI=1S/C22H16ClN3O3/c23-14-6-3-5-13(11-14)21-18-19(16-8-1-2-9-17(16)27)24-25-20(18)22(28)26(21)12-15-7-4-10-29-15/h1-11,21,27H,12H2,(H,24,25)/t21-/m1/s1. The zero-order valence-corrected chi connectivity index (χ0v) is 15.9. The molecule has 5 rings (SSSR count). The molecule has 3 heterocycles. The van der Waals surface area contributed by atoms with Crippen LogP contribution >= 0.6 is 11.6 Å². The largest absolute Gasteiger partial charge is 0.507 e. The molecule has 1 aliphatic rings. The molecule has 0 saturated carbocycles. The number of hydrogen-bond donors (Lipinski definition) is 2. The van der Waals surface area contributed by atoms with E-state index in [0.717, 1.165) is 5.56 Å². The van der Waals surface area contributed by atoms with E-state index in [4.69, 9.17) is 16.0 Å². The first-order valence-corrected chi connectivity index (χ1v) is 9.46. The average Bonchev–Trinajstić information content (AvgIpc) is 3.42. The van der Waals surface area contributed by atoms with Crippen LogP contribution in [0.3, 0.4) is 0 Å². The third-order valence-electron chi connectivity index (χ3n) is 5.09. The Balaban J connectivity index is 1.69. The number of phenols is 1. The van der Waals surface area contributed by atoms with Crippen molar-refractivity contribution in [2.45, 2.75) is 12.6 Å². The molecule has 0 spiro atoms. The first kappa shape index (κ1) is 17.6. The Morgan fingerprint density at radius 1 is 1.14 bits per heavy atom. The number of amides is 1. The van der Waals surface area contributed by atoms with Crippen molar-refractivity contribution in [2.75, 3.05) is 0 Å². The predicted octanol–water partition coefficient (Wildman–Crippen LogP) is 4.77. The first-order chi connectivity index (χ1) is 14.1. The lowest BCUT2D eigenvalue weighted by atomic mass is 9.95. The Bertz CT molecular complexity index is 1200. The van der Waals surface area contributed by atoms with Crippen molar-refractivity contribution in [2.24, 2.45) is 0 Å². The highest BCUT2D eigenvalue weighted by Crippen LogP contribution is 2.45. The number of carbonyl (C=O) groups is 1. The van der Waals surface area contributed by atoms with Gasteiger partial charge in [0.05, 0.1) is 18.8 Å². The smallest absolute Gasteiger partial charge is 0.273 e. The van der Waals surface area contributed by atoms with Gasteiger partial charge < -0.3 is 14.4 Å². The normalized spacial score (nSPS) is 15.7. The van der Waals surface area contributed by atoms with E-state index in [0.29, 0.717) is 39.8 Å². The number of benzene rings is 2. The highest BCUT2D eigenvalue weighted by molar-refractivity contribution is 6.30. The van der Waals surface area contributed by atoms with Crippen LogP contribution in [0.2, 0.25) is 5.02 Å². The molecule has 144 valence electrons. The lowest BCUT2D eigenvalue weighted by molar-refractivity contribution is 0.0717. The number of carbonyl (C=O) groups excluding carboxylic acids is 1. The topological polar surface area (TPSA) is 82.4 Å². The Labute approximate surface area is 171 Å². The molecule has 0 saturated heterocycles. The van der Waals surface area contributed by atoms with Gasteiger partial charge in [-0.2, -0.15) is 5.10 Å². The number of aromatic hydroxyl groups is 1. The van der Waals surface area contributed by atoms with Crippen LogP contribution in [0.5, 0.6) is 5.75 Å². The Hall–Kier alpha value is -3.51. The monoisotopic (exact) mass is 405 g/mol. The van der Waals surface area contributed by atoms with Gasteiger partial charge in [0.15, 0.2) is 0 Å². The van der Waals surface area contributed by atoms with Crippen LogP contribution in [-0.2, 0) is 6.54 Å². The predicted molar refractivity (Wildman–Crippen MR) is 108 cm³/mol. The van der Waals surface area contributed by atoms with Gasteiger partial charge in [-0.3, -0.25) is 9.89 Å². The maximum Gasteiger partial charge on any atom is 0.273 e. The van der Waals surface area contributed by atoms with E-state index < -0.39 is 6.04 Å². The SMILES string of the molecule is O=C1c2[nH]nc(-c3ccccc3O)c2[C@@H](c2cccc(Cl)c2)N1Cc1ccco1. The van der Waals surface area contributed by atoms with E-state index in [1.54, 1.807) is 41.5 Å². The summed E-state index contributed by atoms with van der Waals surface area (Å²) >= 11 is 6.25. The number of H-pyrrole nitrogens is 1. The molecule has 0 unspecified atom stereocenters. The summed E-state index contributed by atoms with van der Waals surface area (Å²) in [6.45, 7) is 0.297. The number of halogens is 1. The van der Waals surface area contributed by atoms with E-state index in [-0.39, 0.29) is 11.7 Å². The van der Waals surface area contributed by atoms with Gasteiger partial charge in [0.25, 0.3) is 5.91 Å². The van der Waals surface area contributed by atoms with Crippen LogP contribution in [0.15, 0.2) is 71.3 Å². The first-order valence-electron chi connectivity index (χ1n) is 9.09. The van der Waals surface area contributed by atoms with Crippen LogP contribution in [-0.4, -0.2) is 26.1 Å². The summed E-state index contributed by atoms with van der Waals surface area (Å²) in [4.78, 5) is 15.0. The molecule has 0 aliphatic carbocycles. The minimum atomic E-state index is -0.422. The minimum Gasteiger partial charge on any atom is -0.507 e. The summed E-state index contributed by atoms with van der Waals surface area (Å²) in [5.74, 6) is 0.590. The number of para-hydroxylation sites is 1. The summed E-state index contributed by atoms with van der Waals surface area (Å²) < 4.78 is 5.48. The fourth-order valence-electron chi connectivity index (χ4n) is 3.83. The summed E-state index contributed by atoms with van der Waals surface area (Å²) in [5, 5.41) is 18.2. The maximum atomic E-state index is 13.2. The zero-order valence-electron chi connectivity index (χ0n) is 15.2. The Morgan fingerprint density at radius 2 is 2.00 bits per heavy atom. The maximum absolute atomic E-state index is 13.2. The second-order valence-electron chi connectivity index (χ2n) is 6.85. The number of aromatic amines is 1. The summed E-state index contributed by atoms with van der Waals surface area (Å²) in [7, 11) is 0. The molecule has 2 aromatic carbocycles. The fraction of sp³-hybridized carbons (Fsp3) is 0.0909. The molecule has 2 N–H and O–H groups in total. The van der Waals surface area contributed by atoms with Crippen LogP contribution < -0.4 is 0 Å². The third-order valence-corrected chi connectivity index (χ3v) is 5.33. The van der Waals surface area contributed by atoms with E-state index in [1.807, 2.05) is 30.3 Å². The van der Waals surface area contributed by atoms with Gasteiger partial charge in [-0.25, -0.2) is 0 Å². The molecule has 2 aromatic heterocycles. The molecule has 4 aromatic rings. The zero-order chi connectivity index (χ0) is 20.0. The molecular weight excluding hydrogens is 390 g/mol. The fourth-order valence-corrected chi connectivity index (χ4v) is 4.03. The van der Waals surface area contributed by atoms with Crippen molar-refractivity contribution in [3.05, 3.63) is 94.5 Å². The number of nitrogens with zero attached hydrogens (tertiary/aromatic N) is 2. The van der Waals surface area contributed by atoms with Crippen LogP contribution in [0.4, 0.5) is 0 Å². The highest BCUT2D eigenvalue weighted by Gasteiger charge is 2.42. The van der Waals surface area contributed by atoms with Crippen molar-refractivity contribution in [3.63, 3.8) is 0 Å². The molecule has 6 nitrogen and oxygen atoms in total. The molecule has 1 atom stereocenters. The highest BCUT2D eigenvalue weighted by atomic mass is 35.5. The van der Waals surface area contributed by atoms with Gasteiger partial charge in [-0.1, -0.05) is 35.9 Å². The number of furan rings is 1. The van der Waals surface area contributed by atoms with E-state index in [1.165, 1.54) is 0 Å². The number of fused-ring (bicyclic) bond motifs is 1. The van der Waals surface area contributed by atoms with Gasteiger partial charge in [0.2, 0.25) is 0 Å². The molecule has 0 fully saturated rings. The van der Waals surface area contributed by atoms with Gasteiger partial charge in [-0.15, -0.1) is 0 Å². The number of rotatable bonds is 4. The molecule has 1 amide bonds. The Kier molecular flexibility index (Phi) is 4.14. The van der Waals surface area contributed by atoms with Crippen molar-refractivity contribution < 1.29 is 14.3 Å². The Morgan fingerprint density at radius 3 is 2.76 bits per heavy atom. The summed E-state index contributed by atoms with van der Waals surface area (Å²) in [6.07, 6.45) is 1.58. The average molecular weight is 406 g/mol. The number of phenolic OH excluding ortho intramolecular Hbond substituents is 1. The van der Waals surface area contributed by atoms with Gasteiger partial charge in [0.1, 0.15) is 22.9 Å². The van der Waals surface area contributed by atoms with Gasteiger partial charge in [0, 0.05) is 16.1 Å². The van der Waals surface area contributed by atoms with E-state index in [2.05, 4.69) is 10.2 Å². The van der Waals surface area contributed by atoms with Crippen molar-refractivity contribution in [3.8, 4) is 17.0 Å². The minimum absolute atomic E-state index is 0.101. The second-order valence-corrected chi connectivity index (χ2v) is 7.28. The summed E-state index contributed by atoms with van der Waals surface area (Å²) in [6, 6.07) is 17.6. The quantitative estimate of drug-likeness (QED) is 0.512. The van der Waals surface area contributed by atoms with Crippen LogP contribution in [0.1, 0.15) is 33.4 Å². The number of hydrogen-bond acceptors (Lipinski definition) is 4.